The summed E-state index contributed by atoms with van der Waals surface area (Å²) in [6.45, 7) is 6.70. The normalized spacial score (nSPS) is 31.8. The Bertz CT molecular complexity index is 3100. The van der Waals surface area contributed by atoms with E-state index in [4.69, 9.17) is 16.3 Å². The van der Waals surface area contributed by atoms with Gasteiger partial charge in [0, 0.05) is 73.8 Å². The average Bonchev–Trinajstić information content (AvgIpc) is 1.46. The highest BCUT2D eigenvalue weighted by atomic mass is 35.5. The number of nitrogens with zero attached hydrogens (tertiary/aromatic N) is 9. The first kappa shape index (κ1) is 83.0. The number of halogens is 5. The fourth-order valence-electron chi connectivity index (χ4n) is 17.2. The van der Waals surface area contributed by atoms with E-state index in [2.05, 4.69) is 16.0 Å². The van der Waals surface area contributed by atoms with Crippen LogP contribution >= 0.6 is 11.6 Å². The SMILES string of the molecule is CC[C@H](C)[C@@H]1NC(=O)[C@H](CC(C)C)N(C)C(=O)C[C@@H](C(=O)N2CCOCC2)N(C)C(=O)[C@H](C2CCCC2)N(C)C(=O)C2(CCCC2)NC(=O)[C@@H]2CCCN2C(=O)[C@H](CCC2CCC(C(F)(F)F)C(Cl)C2)NC(=O)CN(C)C(=O)[C@H](CC2CCC(F)CC2)N2CC=CC[C@@H](C2=O)N(C)C(=O)CN(C)C1=O. The van der Waals surface area contributed by atoms with Crippen molar-refractivity contribution in [1.82, 2.24) is 60.0 Å². The molecular formula is C74H115ClF4N12O13. The van der Waals surface area contributed by atoms with Crippen molar-refractivity contribution < 1.29 is 79.8 Å². The van der Waals surface area contributed by atoms with Crippen LogP contribution in [-0.2, 0) is 62.3 Å². The molecule has 0 aromatic heterocycles. The first-order valence-corrected chi connectivity index (χ1v) is 38.6. The zero-order valence-corrected chi connectivity index (χ0v) is 63.5. The standard InChI is InChI=1S/C74H115ClF4N12O13/c1-11-46(4)62-70(101)84(6)44-61(94)85(7)55-21-14-17-33-91(69(55)100)58(41-48-23-27-50(76)28-24-48)67(98)83(5)43-59(92)80-53(30-26-47-25-29-51(52(75)40-47)74(77,78)79)66(97)90-34-18-22-54(90)65(96)82-73(31-15-16-32-73)72(103)88(10)63(49-19-12-13-20-49)71(102)87(9)57(68(99)89-35-37-104-38-36-89)42-60(93)86(8)56(39-45(2)3)64(95)81-62/h14,17,45-58,62-63H,11-13,15-16,18-44H2,1-10H3,(H,80,92)(H,81,95)(H,82,96)/t46-,47?,48?,50?,51?,52?,53-,54-,55-,56-,57-,58-,62-,63-/m0/s1. The molecule has 104 heavy (non-hydrogen) atoms. The Kier molecular flexibility index (Phi) is 29.3. The molecule has 3 N–H and O–H groups in total. The number of alkyl halides is 5. The maximum Gasteiger partial charge on any atom is 0.393 e. The zero-order chi connectivity index (χ0) is 76.2. The predicted octanol–water partition coefficient (Wildman–Crippen LogP) is 5.59. The Hall–Kier alpha value is -6.65. The van der Waals surface area contributed by atoms with Gasteiger partial charge in [0.25, 0.3) is 0 Å². The predicted molar refractivity (Wildman–Crippen MR) is 379 cm³/mol. The van der Waals surface area contributed by atoms with Crippen molar-refractivity contribution in [2.45, 2.75) is 253 Å². The van der Waals surface area contributed by atoms with Crippen LogP contribution in [0.2, 0.25) is 0 Å². The van der Waals surface area contributed by atoms with Crippen LogP contribution in [0, 0.1) is 35.5 Å². The van der Waals surface area contributed by atoms with Crippen LogP contribution in [0.15, 0.2) is 12.2 Å². The summed E-state index contributed by atoms with van der Waals surface area (Å²) in [5, 5.41) is 7.57. The maximum atomic E-state index is 15.7. The highest BCUT2D eigenvalue weighted by Crippen LogP contribution is 2.44. The fraction of sp³-hybridized carbons (Fsp3) is 0.811. The zero-order valence-electron chi connectivity index (χ0n) is 62.7. The van der Waals surface area contributed by atoms with E-state index in [1.54, 1.807) is 19.1 Å². The topological polar surface area (TPSA) is 279 Å². The highest BCUT2D eigenvalue weighted by molar-refractivity contribution is 6.21. The molecule has 12 amide bonds. The van der Waals surface area contributed by atoms with Gasteiger partial charge in [-0.3, -0.25) is 57.5 Å². The summed E-state index contributed by atoms with van der Waals surface area (Å²) in [6, 6.07) is -10.1. The third-order valence-electron chi connectivity index (χ3n) is 23.9. The second-order valence-corrected chi connectivity index (χ2v) is 32.1. The number of hydrogen-bond donors (Lipinski definition) is 3. The summed E-state index contributed by atoms with van der Waals surface area (Å²) in [6.07, 6.45) is 3.27. The third kappa shape index (κ3) is 20.1. The minimum absolute atomic E-state index is 0.00664. The van der Waals surface area contributed by atoms with Crippen molar-refractivity contribution in [1.29, 1.82) is 0 Å². The number of amides is 12. The average molecular weight is 1490 g/mol. The molecule has 3 saturated heterocycles. The molecule has 1 spiro atoms. The number of hydrogen-bond acceptors (Lipinski definition) is 13. The summed E-state index contributed by atoms with van der Waals surface area (Å²) in [5.41, 5.74) is -1.58. The summed E-state index contributed by atoms with van der Waals surface area (Å²) in [7, 11) is 8.51. The number of fused-ring (bicyclic) bond motifs is 3. The van der Waals surface area contributed by atoms with Crippen molar-refractivity contribution in [3.63, 3.8) is 0 Å². The number of carbonyl (C=O) groups is 12. The second-order valence-electron chi connectivity index (χ2n) is 31.5. The van der Waals surface area contributed by atoms with E-state index in [0.717, 1.165) is 22.6 Å². The van der Waals surface area contributed by atoms with E-state index in [1.807, 2.05) is 20.8 Å². The van der Waals surface area contributed by atoms with E-state index in [-0.39, 0.29) is 141 Å². The lowest BCUT2D eigenvalue weighted by Gasteiger charge is -2.42. The Balaban J connectivity index is 1.18. The van der Waals surface area contributed by atoms with Crippen LogP contribution in [0.25, 0.3) is 0 Å². The second kappa shape index (κ2) is 36.8. The minimum atomic E-state index is -4.53. The molecule has 25 nitrogen and oxygen atoms in total. The smallest absolute Gasteiger partial charge is 0.378 e. The molecule has 4 heterocycles. The van der Waals surface area contributed by atoms with Gasteiger partial charge in [-0.05, 0) is 145 Å². The minimum Gasteiger partial charge on any atom is -0.378 e. The molecule has 584 valence electrons. The molecule has 2 bridgehead atoms. The van der Waals surface area contributed by atoms with Gasteiger partial charge < -0.3 is 64.8 Å². The van der Waals surface area contributed by atoms with Gasteiger partial charge in [-0.2, -0.15) is 13.2 Å². The van der Waals surface area contributed by atoms with Gasteiger partial charge in [-0.1, -0.05) is 72.0 Å². The number of rotatable bonds is 11. The van der Waals surface area contributed by atoms with Gasteiger partial charge in [0.15, 0.2) is 0 Å². The van der Waals surface area contributed by atoms with Gasteiger partial charge in [-0.25, -0.2) is 4.39 Å². The Morgan fingerprint density at radius 3 is 1.91 bits per heavy atom. The molecule has 4 aliphatic carbocycles. The Morgan fingerprint density at radius 1 is 0.644 bits per heavy atom. The first-order valence-electron chi connectivity index (χ1n) is 38.1. The maximum absolute atomic E-state index is 15.7. The molecule has 0 aromatic rings. The number of likely N-dealkylation sites (N-methyl/N-ethyl adjacent to an activating group) is 6. The largest absolute Gasteiger partial charge is 0.393 e. The number of carbonyl (C=O) groups excluding carboxylic acids is 12. The van der Waals surface area contributed by atoms with Crippen LogP contribution in [0.4, 0.5) is 17.6 Å². The van der Waals surface area contributed by atoms with Gasteiger partial charge in [0.2, 0.25) is 70.9 Å². The van der Waals surface area contributed by atoms with Crippen molar-refractivity contribution >= 4 is 82.5 Å². The molecule has 0 aromatic carbocycles. The van der Waals surface area contributed by atoms with E-state index in [9.17, 15) is 36.7 Å². The summed E-state index contributed by atoms with van der Waals surface area (Å²) >= 11 is 6.42. The molecule has 8 rings (SSSR count). The molecule has 0 radical (unpaired) electrons. The molecule has 3 unspecified atom stereocenters. The van der Waals surface area contributed by atoms with Crippen molar-refractivity contribution in [2.24, 2.45) is 35.5 Å². The van der Waals surface area contributed by atoms with Gasteiger partial charge in [0.05, 0.1) is 38.6 Å². The van der Waals surface area contributed by atoms with E-state index < -0.39 is 180 Å². The summed E-state index contributed by atoms with van der Waals surface area (Å²) in [4.78, 5) is 193. The van der Waals surface area contributed by atoms with Crippen LogP contribution in [0.1, 0.15) is 182 Å². The third-order valence-corrected chi connectivity index (χ3v) is 24.4. The number of nitrogens with one attached hydrogen (secondary N) is 3. The van der Waals surface area contributed by atoms with Gasteiger partial charge in [0.1, 0.15) is 60.0 Å². The fourth-order valence-corrected chi connectivity index (χ4v) is 17.7. The molecule has 30 heteroatoms. The van der Waals surface area contributed by atoms with Crippen LogP contribution < -0.4 is 16.0 Å². The molecule has 4 aliphatic heterocycles. The van der Waals surface area contributed by atoms with Crippen LogP contribution in [0.3, 0.4) is 0 Å². The lowest BCUT2D eigenvalue weighted by Crippen LogP contribution is -2.65. The summed E-state index contributed by atoms with van der Waals surface area (Å²) in [5.74, 6) is -11.4. The molecule has 8 aliphatic rings. The number of ether oxygens (including phenoxy) is 1. The van der Waals surface area contributed by atoms with Crippen LogP contribution in [-0.4, -0.2) is 281 Å². The van der Waals surface area contributed by atoms with Crippen molar-refractivity contribution in [3.8, 4) is 0 Å². The summed E-state index contributed by atoms with van der Waals surface area (Å²) < 4.78 is 62.5. The Morgan fingerprint density at radius 2 is 1.29 bits per heavy atom. The van der Waals surface area contributed by atoms with Crippen LogP contribution in [0.5, 0.6) is 0 Å². The number of morpholine rings is 1. The van der Waals surface area contributed by atoms with E-state index >= 15 is 38.4 Å². The first-order chi connectivity index (χ1) is 49.2. The van der Waals surface area contributed by atoms with Gasteiger partial charge >= 0.3 is 6.18 Å². The molecule has 4 saturated carbocycles. The highest BCUT2D eigenvalue weighted by Gasteiger charge is 2.53. The van der Waals surface area contributed by atoms with E-state index in [1.165, 1.54) is 76.6 Å². The monoisotopic (exact) mass is 1490 g/mol. The quantitative estimate of drug-likeness (QED) is 0.129. The lowest BCUT2D eigenvalue weighted by molar-refractivity contribution is -0.182. The van der Waals surface area contributed by atoms with Crippen molar-refractivity contribution in [3.05, 3.63) is 12.2 Å². The van der Waals surface area contributed by atoms with Crippen molar-refractivity contribution in [2.75, 3.05) is 94.8 Å². The molecule has 7 fully saturated rings. The van der Waals surface area contributed by atoms with E-state index in [0.29, 0.717) is 51.4 Å². The van der Waals surface area contributed by atoms with Gasteiger partial charge in [-0.15, -0.1) is 11.6 Å². The molecule has 12 atom stereocenters. The Labute approximate surface area is 615 Å². The lowest BCUT2D eigenvalue weighted by atomic mass is 9.78. The molecular weight excluding hydrogens is 1380 g/mol.